The molecule has 120 heavy (non-hydrogen) atoms. The Morgan fingerprint density at radius 1 is 0.242 bits per heavy atom. The van der Waals surface area contributed by atoms with Crippen LogP contribution in [0.25, 0.3) is 0 Å². The van der Waals surface area contributed by atoms with Crippen LogP contribution in [0.1, 0.15) is 505 Å². The predicted molar refractivity (Wildman–Crippen MR) is 509 cm³/mol. The van der Waals surface area contributed by atoms with Gasteiger partial charge in [0.1, 0.15) is 36.2 Å². The van der Waals surface area contributed by atoms with Crippen LogP contribution in [0.4, 0.5) is 0 Å². The van der Waals surface area contributed by atoms with Gasteiger partial charge in [-0.3, -0.25) is 0 Å². The van der Waals surface area contributed by atoms with Crippen LogP contribution in [-0.2, 0) is 71.2 Å². The fourth-order valence-corrected chi connectivity index (χ4v) is 18.0. The second-order valence-electron chi connectivity index (χ2n) is 36.2. The first-order valence-electron chi connectivity index (χ1n) is 51.1. The Hall–Kier alpha value is -5.58. The van der Waals surface area contributed by atoms with Crippen molar-refractivity contribution in [3.05, 3.63) is 141 Å². The Morgan fingerprint density at radius 2 is 0.383 bits per heavy atom. The molecule has 0 aliphatic heterocycles. The summed E-state index contributed by atoms with van der Waals surface area (Å²) in [6.07, 6.45) is 86.4. The van der Waals surface area contributed by atoms with Crippen LogP contribution in [-0.4, -0.2) is 48.6 Å². The number of aliphatic hydroxyl groups excluding tert-OH is 2. The first-order valence-corrected chi connectivity index (χ1v) is 51.1. The van der Waals surface area contributed by atoms with Gasteiger partial charge in [-0.2, -0.15) is 0 Å². The summed E-state index contributed by atoms with van der Waals surface area (Å²) in [5.74, 6) is 2.15. The van der Waals surface area contributed by atoms with E-state index in [-0.39, 0.29) is 26.4 Å². The molecular weight excluding hydrogens is 1480 g/mol. The average molecular weight is 1660 g/mol. The van der Waals surface area contributed by atoms with Crippen LogP contribution in [0.5, 0.6) is 23.0 Å². The monoisotopic (exact) mass is 1660 g/mol. The van der Waals surface area contributed by atoms with Crippen LogP contribution < -0.4 is 18.9 Å². The number of esters is 2. The SMILES string of the molecule is C=CC(=O)OCc1cc2c(OCCCCCCCCCCCCCCCCCC)c(c1)Cc1cc(CO)cc(c1OCCCCCCCCCCCCCCCCCC)Cc1cc(COC(=O)C=C)cc(c1OCCCCCCCCCCCCCCCCCC)Cc1cc(CO)cc(c1OCCCCCCCCCCCCCCCCCC)C2. The molecular formula is C110H180O10. The van der Waals surface area contributed by atoms with Gasteiger partial charge in [-0.15, -0.1) is 0 Å². The zero-order valence-corrected chi connectivity index (χ0v) is 78.1. The van der Waals surface area contributed by atoms with Gasteiger partial charge in [-0.25, -0.2) is 9.59 Å². The van der Waals surface area contributed by atoms with E-state index in [1.165, 1.54) is 346 Å². The van der Waals surface area contributed by atoms with Gasteiger partial charge in [-0.1, -0.05) is 426 Å². The van der Waals surface area contributed by atoms with Crippen LogP contribution in [0, 0.1) is 0 Å². The molecule has 0 heterocycles. The standard InChI is InChI=1S/C110H180O10/c1-7-13-17-21-25-29-33-37-41-45-49-53-57-61-65-69-73-115-107-97-77-93(89-111)78-98(107)86-102-82-96(92-120-106(114)12-6)84-104(110(102)118-76-72-68-64-60-56-52-48-44-40-36-32-28-24-20-16-10-4)88-100-80-94(90-112)79-99(108(100)116-74-70-66-62-58-54-50-46-42-38-34-30-26-22-18-14-8-2)87-103-83-95(91-119-105(113)11-5)81-101(85-97)109(103)117-75-71-67-63-59-55-51-47-43-39-35-31-27-23-19-15-9-3/h11-12,77-84,111-112H,5-10,13-76,85-92H2,1-4H3. The van der Waals surface area contributed by atoms with E-state index in [1.807, 2.05) is 0 Å². The number of aliphatic hydroxyl groups is 2. The molecule has 1 aliphatic rings. The molecule has 0 fully saturated rings. The van der Waals surface area contributed by atoms with Crippen LogP contribution in [0.15, 0.2) is 73.8 Å². The van der Waals surface area contributed by atoms with Gasteiger partial charge < -0.3 is 38.6 Å². The molecule has 5 rings (SSSR count). The maximum atomic E-state index is 13.1. The number of unbranched alkanes of at least 4 members (excludes halogenated alkanes) is 60. The second-order valence-corrected chi connectivity index (χ2v) is 36.2. The van der Waals surface area contributed by atoms with E-state index in [9.17, 15) is 19.8 Å². The highest BCUT2D eigenvalue weighted by Crippen LogP contribution is 2.42. The smallest absolute Gasteiger partial charge is 0.330 e. The Morgan fingerprint density at radius 3 is 0.525 bits per heavy atom. The van der Waals surface area contributed by atoms with E-state index in [0.29, 0.717) is 52.1 Å². The average Bonchev–Trinajstić information content (AvgIpc) is 0.774. The number of hydrogen-bond donors (Lipinski definition) is 2. The highest BCUT2D eigenvalue weighted by Gasteiger charge is 2.26. The van der Waals surface area contributed by atoms with Gasteiger partial charge in [0.25, 0.3) is 0 Å². The summed E-state index contributed by atoms with van der Waals surface area (Å²) >= 11 is 0. The highest BCUT2D eigenvalue weighted by atomic mass is 16.5. The third kappa shape index (κ3) is 49.2. The lowest BCUT2D eigenvalue weighted by atomic mass is 9.88. The molecule has 1 aliphatic carbocycles. The molecule has 0 spiro atoms. The van der Waals surface area contributed by atoms with Crippen molar-refractivity contribution in [1.29, 1.82) is 0 Å². The van der Waals surface area contributed by atoms with Gasteiger partial charge in [0.05, 0.1) is 39.6 Å². The van der Waals surface area contributed by atoms with E-state index >= 15 is 0 Å². The van der Waals surface area contributed by atoms with Crippen molar-refractivity contribution in [2.24, 2.45) is 0 Å². The molecule has 0 saturated heterocycles. The minimum absolute atomic E-state index is 0.0284. The third-order valence-corrected chi connectivity index (χ3v) is 25.2. The lowest BCUT2D eigenvalue weighted by Gasteiger charge is -2.25. The first kappa shape index (κ1) is 105. The molecule has 0 aromatic heterocycles. The summed E-state index contributed by atoms with van der Waals surface area (Å²) in [7, 11) is 0. The van der Waals surface area contributed by atoms with Gasteiger partial charge in [0.2, 0.25) is 0 Å². The topological polar surface area (TPSA) is 130 Å². The number of fused-ring (bicyclic) bond motifs is 8. The molecule has 0 amide bonds. The molecule has 8 bridgehead atoms. The Kier molecular flexibility index (Phi) is 63.6. The molecule has 0 atom stereocenters. The van der Waals surface area contributed by atoms with Gasteiger partial charge in [0.15, 0.2) is 0 Å². The number of ether oxygens (including phenoxy) is 6. The molecule has 10 nitrogen and oxygen atoms in total. The number of carbonyl (C=O) groups excluding carboxylic acids is 2. The van der Waals surface area contributed by atoms with E-state index in [0.717, 1.165) is 167 Å². The Labute approximate surface area is 736 Å². The Bertz CT molecular complexity index is 2910. The second kappa shape index (κ2) is 72.7. The van der Waals surface area contributed by atoms with E-state index in [2.05, 4.69) is 89.4 Å². The minimum atomic E-state index is -0.495. The van der Waals surface area contributed by atoms with Crippen molar-refractivity contribution in [3.63, 3.8) is 0 Å². The van der Waals surface area contributed by atoms with Gasteiger partial charge in [-0.05, 0) is 141 Å². The number of carbonyl (C=O) groups is 2. The van der Waals surface area contributed by atoms with Crippen molar-refractivity contribution in [2.45, 2.75) is 491 Å². The van der Waals surface area contributed by atoms with E-state index in [4.69, 9.17) is 28.4 Å². The van der Waals surface area contributed by atoms with Crippen molar-refractivity contribution < 1.29 is 48.2 Å². The zero-order chi connectivity index (χ0) is 85.4. The lowest BCUT2D eigenvalue weighted by molar-refractivity contribution is -0.139. The molecule has 4 aromatic carbocycles. The summed E-state index contributed by atoms with van der Waals surface area (Å²) < 4.78 is 41.2. The molecule has 0 saturated carbocycles. The van der Waals surface area contributed by atoms with Crippen molar-refractivity contribution >= 4 is 11.9 Å². The summed E-state index contributed by atoms with van der Waals surface area (Å²) in [4.78, 5) is 26.2. The molecule has 0 unspecified atom stereocenters. The third-order valence-electron chi connectivity index (χ3n) is 25.2. The molecule has 680 valence electrons. The number of hydrogen-bond acceptors (Lipinski definition) is 10. The van der Waals surface area contributed by atoms with Gasteiger partial charge >= 0.3 is 11.9 Å². The zero-order valence-electron chi connectivity index (χ0n) is 78.1. The normalized spacial score (nSPS) is 12.0. The van der Waals surface area contributed by atoms with Crippen LogP contribution >= 0.6 is 0 Å². The summed E-state index contributed by atoms with van der Waals surface area (Å²) in [6.45, 7) is 18.5. The summed E-state index contributed by atoms with van der Waals surface area (Å²) in [6, 6.07) is 17.0. The largest absolute Gasteiger partial charge is 0.493 e. The number of benzene rings is 4. The predicted octanol–water partition coefficient (Wildman–Crippen LogP) is 32.4. The maximum Gasteiger partial charge on any atom is 0.330 e. The maximum absolute atomic E-state index is 13.1. The number of rotatable bonds is 80. The molecule has 10 heteroatoms. The highest BCUT2D eigenvalue weighted by molar-refractivity contribution is 5.81. The van der Waals surface area contributed by atoms with E-state index in [1.54, 1.807) is 0 Å². The van der Waals surface area contributed by atoms with E-state index < -0.39 is 11.9 Å². The first-order chi connectivity index (χ1) is 59.2. The lowest BCUT2D eigenvalue weighted by Crippen LogP contribution is -2.12. The minimum Gasteiger partial charge on any atom is -0.493 e. The van der Waals surface area contributed by atoms with Crippen molar-refractivity contribution in [3.8, 4) is 23.0 Å². The van der Waals surface area contributed by atoms with Gasteiger partial charge in [0, 0.05) is 37.8 Å². The molecule has 4 aromatic rings. The molecule has 0 radical (unpaired) electrons. The van der Waals surface area contributed by atoms with Crippen molar-refractivity contribution in [1.82, 2.24) is 0 Å². The fraction of sp³-hybridized carbons (Fsp3) is 0.727. The fourth-order valence-electron chi connectivity index (χ4n) is 18.0. The van der Waals surface area contributed by atoms with Crippen LogP contribution in [0.2, 0.25) is 0 Å². The van der Waals surface area contributed by atoms with Crippen molar-refractivity contribution in [2.75, 3.05) is 26.4 Å². The van der Waals surface area contributed by atoms with Crippen LogP contribution in [0.3, 0.4) is 0 Å². The quantitative estimate of drug-likeness (QED) is 0.0220. The summed E-state index contributed by atoms with van der Waals surface area (Å²) in [5, 5.41) is 22.9. The molecule has 2 N–H and O–H groups in total. The Balaban J connectivity index is 1.54. The summed E-state index contributed by atoms with van der Waals surface area (Å²) in [5.41, 5.74) is 10.6.